The first-order chi connectivity index (χ1) is 9.49. The van der Waals surface area contributed by atoms with E-state index >= 15 is 0 Å². The second kappa shape index (κ2) is 7.50. The van der Waals surface area contributed by atoms with Gasteiger partial charge < -0.3 is 5.32 Å². The molecule has 0 fully saturated rings. The van der Waals surface area contributed by atoms with Gasteiger partial charge in [-0.25, -0.2) is 0 Å². The fourth-order valence-electron chi connectivity index (χ4n) is 2.24. The van der Waals surface area contributed by atoms with Crippen molar-refractivity contribution in [2.75, 3.05) is 5.32 Å². The van der Waals surface area contributed by atoms with Gasteiger partial charge in [-0.2, -0.15) is 10.2 Å². The second-order valence-electron chi connectivity index (χ2n) is 5.69. The zero-order chi connectivity index (χ0) is 14.7. The summed E-state index contributed by atoms with van der Waals surface area (Å²) in [5, 5.41) is 12.5. The van der Waals surface area contributed by atoms with Crippen molar-refractivity contribution in [3.8, 4) is 0 Å². The molecule has 0 saturated carbocycles. The molecule has 0 saturated heterocycles. The van der Waals surface area contributed by atoms with E-state index in [2.05, 4.69) is 55.6 Å². The molecule has 118 valence electrons. The van der Waals surface area contributed by atoms with Crippen LogP contribution in [0.25, 0.3) is 0 Å². The van der Waals surface area contributed by atoms with E-state index in [1.807, 2.05) is 16.3 Å². The van der Waals surface area contributed by atoms with Gasteiger partial charge in [-0.15, -0.1) is 12.4 Å². The summed E-state index contributed by atoms with van der Waals surface area (Å²) in [7, 11) is 0. The Hall–Kier alpha value is -1.49. The van der Waals surface area contributed by atoms with Crippen LogP contribution >= 0.6 is 12.4 Å². The van der Waals surface area contributed by atoms with E-state index in [0.717, 1.165) is 36.7 Å². The molecule has 2 aromatic rings. The van der Waals surface area contributed by atoms with Crippen molar-refractivity contribution in [2.24, 2.45) is 5.92 Å². The van der Waals surface area contributed by atoms with E-state index in [1.54, 1.807) is 0 Å². The number of rotatable bonds is 6. The van der Waals surface area contributed by atoms with Crippen LogP contribution in [0.2, 0.25) is 0 Å². The van der Waals surface area contributed by atoms with Crippen molar-refractivity contribution in [2.45, 2.75) is 54.3 Å². The fourth-order valence-corrected chi connectivity index (χ4v) is 2.24. The van der Waals surface area contributed by atoms with Crippen molar-refractivity contribution in [3.05, 3.63) is 29.3 Å². The molecule has 0 unspecified atom stereocenters. The van der Waals surface area contributed by atoms with E-state index in [-0.39, 0.29) is 12.4 Å². The lowest BCUT2D eigenvalue weighted by molar-refractivity contribution is 0.481. The number of nitrogens with zero attached hydrogens (tertiary/aromatic N) is 4. The lowest BCUT2D eigenvalue weighted by Crippen LogP contribution is -2.04. The predicted molar refractivity (Wildman–Crippen MR) is 89.0 cm³/mol. The van der Waals surface area contributed by atoms with Gasteiger partial charge in [0.05, 0.1) is 17.1 Å². The minimum Gasteiger partial charge on any atom is -0.378 e. The van der Waals surface area contributed by atoms with Crippen LogP contribution < -0.4 is 5.32 Å². The van der Waals surface area contributed by atoms with E-state index < -0.39 is 0 Å². The molecule has 5 nitrogen and oxygen atoms in total. The highest BCUT2D eigenvalue weighted by atomic mass is 35.5. The number of aromatic nitrogens is 4. The Morgan fingerprint density at radius 3 is 2.33 bits per heavy atom. The van der Waals surface area contributed by atoms with Gasteiger partial charge in [-0.05, 0) is 26.7 Å². The zero-order valence-electron chi connectivity index (χ0n) is 13.6. The highest BCUT2D eigenvalue weighted by Gasteiger charge is 2.08. The van der Waals surface area contributed by atoms with Gasteiger partial charge in [-0.3, -0.25) is 9.36 Å². The Labute approximate surface area is 133 Å². The third-order valence-corrected chi connectivity index (χ3v) is 3.34. The summed E-state index contributed by atoms with van der Waals surface area (Å²) in [6.07, 6.45) is 4.20. The average molecular weight is 312 g/mol. The molecule has 0 amide bonds. The first kappa shape index (κ1) is 17.6. The Morgan fingerprint density at radius 2 is 1.76 bits per heavy atom. The van der Waals surface area contributed by atoms with Crippen molar-refractivity contribution < 1.29 is 0 Å². The van der Waals surface area contributed by atoms with Crippen LogP contribution in [0.4, 0.5) is 5.69 Å². The number of aryl methyl sites for hydroxylation is 3. The van der Waals surface area contributed by atoms with Crippen molar-refractivity contribution in [1.29, 1.82) is 0 Å². The third kappa shape index (κ3) is 4.49. The van der Waals surface area contributed by atoms with Crippen LogP contribution in [0, 0.1) is 19.8 Å². The van der Waals surface area contributed by atoms with Gasteiger partial charge >= 0.3 is 0 Å². The minimum atomic E-state index is 0. The monoisotopic (exact) mass is 311 g/mol. The van der Waals surface area contributed by atoms with Crippen LogP contribution in [0.1, 0.15) is 37.7 Å². The van der Waals surface area contributed by atoms with Crippen LogP contribution in [-0.4, -0.2) is 19.6 Å². The minimum absolute atomic E-state index is 0. The summed E-state index contributed by atoms with van der Waals surface area (Å²) in [6, 6.07) is 0. The van der Waals surface area contributed by atoms with Gasteiger partial charge in [0.15, 0.2) is 0 Å². The summed E-state index contributed by atoms with van der Waals surface area (Å²) in [5.41, 5.74) is 4.48. The number of halogens is 1. The molecule has 0 aliphatic heterocycles. The molecule has 0 spiro atoms. The predicted octanol–water partition coefficient (Wildman–Crippen LogP) is 3.41. The summed E-state index contributed by atoms with van der Waals surface area (Å²) in [6.45, 7) is 13.3. The number of hydrogen-bond donors (Lipinski definition) is 1. The first-order valence-corrected chi connectivity index (χ1v) is 7.30. The second-order valence-corrected chi connectivity index (χ2v) is 5.69. The molecule has 2 rings (SSSR count). The molecule has 2 heterocycles. The van der Waals surface area contributed by atoms with E-state index in [4.69, 9.17) is 0 Å². The van der Waals surface area contributed by atoms with Crippen molar-refractivity contribution in [1.82, 2.24) is 19.6 Å². The fraction of sp³-hybridized carbons (Fsp3) is 0.600. The average Bonchev–Trinajstić information content (AvgIpc) is 2.89. The molecule has 0 aromatic carbocycles. The maximum absolute atomic E-state index is 4.54. The standard InChI is InChI=1S/C15H25N5.ClH/c1-6-19-9-14(12(4)17-19)7-16-15-10-20(8-11(2)3)18-13(15)5;/h9-11,16H,6-8H2,1-5H3;1H. The van der Waals surface area contributed by atoms with Crippen molar-refractivity contribution >= 4 is 18.1 Å². The van der Waals surface area contributed by atoms with Crippen LogP contribution in [0.5, 0.6) is 0 Å². The van der Waals surface area contributed by atoms with E-state index in [0.29, 0.717) is 5.92 Å². The molecule has 21 heavy (non-hydrogen) atoms. The molecular weight excluding hydrogens is 286 g/mol. The van der Waals surface area contributed by atoms with Crippen molar-refractivity contribution in [3.63, 3.8) is 0 Å². The largest absolute Gasteiger partial charge is 0.378 e. The molecule has 0 aliphatic rings. The maximum atomic E-state index is 4.54. The normalized spacial score (nSPS) is 10.8. The van der Waals surface area contributed by atoms with E-state index in [9.17, 15) is 0 Å². The van der Waals surface area contributed by atoms with Crippen LogP contribution in [0.3, 0.4) is 0 Å². The topological polar surface area (TPSA) is 47.7 Å². The molecular formula is C15H26ClN5. The Kier molecular flexibility index (Phi) is 6.27. The number of anilines is 1. The third-order valence-electron chi connectivity index (χ3n) is 3.34. The summed E-state index contributed by atoms with van der Waals surface area (Å²) >= 11 is 0. The molecule has 6 heteroatoms. The summed E-state index contributed by atoms with van der Waals surface area (Å²) in [5.74, 6) is 0.604. The summed E-state index contributed by atoms with van der Waals surface area (Å²) < 4.78 is 3.99. The maximum Gasteiger partial charge on any atom is 0.0825 e. The molecule has 1 N–H and O–H groups in total. The molecule has 0 atom stereocenters. The number of nitrogens with one attached hydrogen (secondary N) is 1. The molecule has 0 aliphatic carbocycles. The smallest absolute Gasteiger partial charge is 0.0825 e. The van der Waals surface area contributed by atoms with Crippen LogP contribution in [-0.2, 0) is 19.6 Å². The highest BCUT2D eigenvalue weighted by Crippen LogP contribution is 2.16. The lowest BCUT2D eigenvalue weighted by atomic mass is 10.2. The van der Waals surface area contributed by atoms with Crippen LogP contribution in [0.15, 0.2) is 12.4 Å². The zero-order valence-corrected chi connectivity index (χ0v) is 14.4. The Morgan fingerprint density at radius 1 is 1.10 bits per heavy atom. The SMILES string of the molecule is CCn1cc(CNc2cn(CC(C)C)nc2C)c(C)n1.Cl. The summed E-state index contributed by atoms with van der Waals surface area (Å²) in [4.78, 5) is 0. The van der Waals surface area contributed by atoms with Gasteiger partial charge in [0.1, 0.15) is 0 Å². The first-order valence-electron chi connectivity index (χ1n) is 7.30. The van der Waals surface area contributed by atoms with Gasteiger partial charge in [0, 0.05) is 37.6 Å². The molecule has 0 radical (unpaired) electrons. The molecule has 2 aromatic heterocycles. The van der Waals surface area contributed by atoms with Gasteiger partial charge in [0.25, 0.3) is 0 Å². The molecule has 0 bridgehead atoms. The Balaban J connectivity index is 0.00000220. The Bertz CT molecular complexity index is 571. The highest BCUT2D eigenvalue weighted by molar-refractivity contribution is 5.85. The quantitative estimate of drug-likeness (QED) is 0.889. The lowest BCUT2D eigenvalue weighted by Gasteiger charge is -2.04. The number of hydrogen-bond acceptors (Lipinski definition) is 3. The van der Waals surface area contributed by atoms with Gasteiger partial charge in [0.2, 0.25) is 0 Å². The van der Waals surface area contributed by atoms with E-state index in [1.165, 1.54) is 5.56 Å². The van der Waals surface area contributed by atoms with Gasteiger partial charge in [-0.1, -0.05) is 13.8 Å².